The molecule has 10 rings (SSSR count). The van der Waals surface area contributed by atoms with Crippen molar-refractivity contribution in [2.45, 2.75) is 103 Å². The third kappa shape index (κ3) is 5.42. The van der Waals surface area contributed by atoms with E-state index >= 15 is 0 Å². The van der Waals surface area contributed by atoms with Gasteiger partial charge in [-0.3, -0.25) is 0 Å². The molecular formula is C52H52BN2S. The highest BCUT2D eigenvalue weighted by Gasteiger charge is 2.41. The Morgan fingerprint density at radius 2 is 1.43 bits per heavy atom. The minimum atomic E-state index is -0.105. The molecule has 56 heavy (non-hydrogen) atoms. The lowest BCUT2D eigenvalue weighted by molar-refractivity contribution is 0.332. The molecular weight excluding hydrogens is 695 g/mol. The third-order valence-corrected chi connectivity index (χ3v) is 14.7. The van der Waals surface area contributed by atoms with Gasteiger partial charge in [0.25, 0.3) is 0 Å². The average Bonchev–Trinajstić information content (AvgIpc) is 3.58. The maximum absolute atomic E-state index is 4.16. The van der Waals surface area contributed by atoms with Gasteiger partial charge in [0, 0.05) is 48.2 Å². The highest BCUT2D eigenvalue weighted by molar-refractivity contribution is 7.26. The van der Waals surface area contributed by atoms with Crippen molar-refractivity contribution in [2.75, 3.05) is 10.2 Å². The molecule has 0 saturated carbocycles. The molecule has 6 aromatic carbocycles. The molecule has 1 aromatic heterocycles. The van der Waals surface area contributed by atoms with E-state index in [1.54, 1.807) is 0 Å². The SMILES string of the molecule is CCCCCc1cc(-c2ccc3sc4ccccc4c3c2Nc2ccc3c(c2)C(C)(C)CCC3(C)C)c2c(c1)N1c3ccccc3C(C)(C)c3cccc(c31)[B]2. The third-order valence-electron chi connectivity index (χ3n) is 13.6. The minimum absolute atomic E-state index is 0.105. The number of nitrogens with zero attached hydrogens (tertiary/aromatic N) is 1. The normalized spacial score (nSPS) is 16.8. The fourth-order valence-electron chi connectivity index (χ4n) is 10.3. The van der Waals surface area contributed by atoms with Crippen LogP contribution in [0.2, 0.25) is 0 Å². The first-order valence-corrected chi connectivity index (χ1v) is 21.7. The molecule has 3 heterocycles. The fourth-order valence-corrected chi connectivity index (χ4v) is 11.4. The predicted molar refractivity (Wildman–Crippen MR) is 245 cm³/mol. The lowest BCUT2D eigenvalue weighted by Gasteiger charge is -2.46. The zero-order valence-corrected chi connectivity index (χ0v) is 34.9. The van der Waals surface area contributed by atoms with Gasteiger partial charge in [-0.15, -0.1) is 11.3 Å². The summed E-state index contributed by atoms with van der Waals surface area (Å²) in [6, 6.07) is 42.1. The van der Waals surface area contributed by atoms with Gasteiger partial charge in [0.2, 0.25) is 0 Å². The molecule has 279 valence electrons. The Labute approximate surface area is 338 Å². The maximum Gasteiger partial charge on any atom is 0.197 e. The number of benzene rings is 6. The average molecular weight is 748 g/mol. The van der Waals surface area contributed by atoms with Crippen LogP contribution >= 0.6 is 11.3 Å². The van der Waals surface area contributed by atoms with E-state index in [4.69, 9.17) is 0 Å². The summed E-state index contributed by atoms with van der Waals surface area (Å²) in [4.78, 5) is 2.60. The first-order chi connectivity index (χ1) is 27.0. The van der Waals surface area contributed by atoms with Gasteiger partial charge < -0.3 is 10.2 Å². The van der Waals surface area contributed by atoms with Crippen LogP contribution in [0.15, 0.2) is 109 Å². The highest BCUT2D eigenvalue weighted by Crippen LogP contribution is 2.53. The van der Waals surface area contributed by atoms with Gasteiger partial charge in [-0.1, -0.05) is 140 Å². The number of unbranched alkanes of at least 4 members (excludes halogenated alkanes) is 2. The van der Waals surface area contributed by atoms with Crippen LogP contribution in [0.4, 0.5) is 28.4 Å². The second-order valence-electron chi connectivity index (χ2n) is 18.5. The molecule has 1 aliphatic carbocycles. The number of fused-ring (bicyclic) bond motifs is 8. The molecule has 0 spiro atoms. The van der Waals surface area contributed by atoms with Crippen LogP contribution < -0.4 is 21.1 Å². The number of hydrogen-bond acceptors (Lipinski definition) is 3. The molecule has 0 saturated heterocycles. The second-order valence-corrected chi connectivity index (χ2v) is 19.6. The van der Waals surface area contributed by atoms with Gasteiger partial charge in [-0.2, -0.15) is 0 Å². The van der Waals surface area contributed by atoms with Crippen LogP contribution in [0, 0.1) is 0 Å². The molecule has 0 unspecified atom stereocenters. The topological polar surface area (TPSA) is 15.3 Å². The van der Waals surface area contributed by atoms with Gasteiger partial charge in [0.05, 0.1) is 11.4 Å². The van der Waals surface area contributed by atoms with E-state index in [-0.39, 0.29) is 16.2 Å². The summed E-state index contributed by atoms with van der Waals surface area (Å²) in [6.45, 7) is 16.8. The Hall–Kier alpha value is -4.80. The number of anilines is 5. The molecule has 1 N–H and O–H groups in total. The second kappa shape index (κ2) is 12.9. The van der Waals surface area contributed by atoms with E-state index in [9.17, 15) is 0 Å². The number of rotatable bonds is 7. The summed E-state index contributed by atoms with van der Waals surface area (Å²) in [5, 5.41) is 6.79. The summed E-state index contributed by atoms with van der Waals surface area (Å²) in [5.74, 6) is 0. The van der Waals surface area contributed by atoms with Crippen molar-refractivity contribution in [3.05, 3.63) is 137 Å². The van der Waals surface area contributed by atoms with Crippen LogP contribution in [0.5, 0.6) is 0 Å². The quantitative estimate of drug-likeness (QED) is 0.129. The molecule has 2 aliphatic heterocycles. The molecule has 1 radical (unpaired) electrons. The van der Waals surface area contributed by atoms with E-state index in [2.05, 4.69) is 175 Å². The lowest BCUT2D eigenvalue weighted by Crippen LogP contribution is -2.45. The molecule has 0 atom stereocenters. The summed E-state index contributed by atoms with van der Waals surface area (Å²) in [6.07, 6.45) is 7.10. The first-order valence-electron chi connectivity index (χ1n) is 20.9. The molecule has 0 amide bonds. The fraction of sp³-hybridized carbons (Fsp3) is 0.308. The Kier molecular flexibility index (Phi) is 8.18. The molecule has 3 aliphatic rings. The minimum Gasteiger partial charge on any atom is -0.354 e. The van der Waals surface area contributed by atoms with Crippen molar-refractivity contribution in [3.8, 4) is 11.1 Å². The maximum atomic E-state index is 4.16. The van der Waals surface area contributed by atoms with Crippen molar-refractivity contribution >= 4 is 78.2 Å². The lowest BCUT2D eigenvalue weighted by atomic mass is 9.55. The number of para-hydroxylation sites is 2. The van der Waals surface area contributed by atoms with E-state index < -0.39 is 0 Å². The zero-order chi connectivity index (χ0) is 38.6. The van der Waals surface area contributed by atoms with E-state index in [0.717, 1.165) is 12.1 Å². The van der Waals surface area contributed by atoms with Crippen molar-refractivity contribution in [1.82, 2.24) is 0 Å². The summed E-state index contributed by atoms with van der Waals surface area (Å²) >= 11 is 1.90. The van der Waals surface area contributed by atoms with Crippen LogP contribution in [0.1, 0.15) is 108 Å². The Morgan fingerprint density at radius 3 is 2.27 bits per heavy atom. The number of nitrogens with one attached hydrogen (secondary N) is 1. The standard InChI is InChI=1S/C52H52BN2S/c1-8-9-10-16-32-29-36(47-43(30-32)55-42-21-13-12-18-38(42)52(6,7)39-19-15-20-41(53-47)49(39)55)34-24-26-45-46(35-17-11-14-22-44(35)56-45)48(34)54-33-23-25-37-40(31-33)51(4,5)28-27-50(37,2)3/h11-15,17-26,29-31,54H,8-10,16,27-28H2,1-7H3. The summed E-state index contributed by atoms with van der Waals surface area (Å²) < 4.78 is 2.64. The molecule has 2 nitrogen and oxygen atoms in total. The summed E-state index contributed by atoms with van der Waals surface area (Å²) in [7, 11) is 2.49. The van der Waals surface area contributed by atoms with Crippen molar-refractivity contribution in [1.29, 1.82) is 0 Å². The van der Waals surface area contributed by atoms with Gasteiger partial charge in [-0.05, 0) is 112 Å². The monoisotopic (exact) mass is 747 g/mol. The van der Waals surface area contributed by atoms with Crippen molar-refractivity contribution in [2.24, 2.45) is 0 Å². The number of hydrogen-bond donors (Lipinski definition) is 1. The Morgan fingerprint density at radius 1 is 0.661 bits per heavy atom. The zero-order valence-electron chi connectivity index (χ0n) is 34.1. The van der Waals surface area contributed by atoms with Gasteiger partial charge in [-0.25, -0.2) is 0 Å². The van der Waals surface area contributed by atoms with Gasteiger partial charge >= 0.3 is 0 Å². The Bertz CT molecular complexity index is 2710. The van der Waals surface area contributed by atoms with Crippen LogP contribution in [-0.2, 0) is 22.7 Å². The summed E-state index contributed by atoms with van der Waals surface area (Å²) in [5.41, 5.74) is 18.7. The number of aryl methyl sites for hydroxylation is 1. The predicted octanol–water partition coefficient (Wildman–Crippen LogP) is 13.6. The van der Waals surface area contributed by atoms with Crippen molar-refractivity contribution < 1.29 is 0 Å². The van der Waals surface area contributed by atoms with Gasteiger partial charge in [0.1, 0.15) is 0 Å². The van der Waals surface area contributed by atoms with E-state index in [1.165, 1.54) is 125 Å². The van der Waals surface area contributed by atoms with Crippen LogP contribution in [0.3, 0.4) is 0 Å². The highest BCUT2D eigenvalue weighted by atomic mass is 32.1. The van der Waals surface area contributed by atoms with E-state index in [0.29, 0.717) is 0 Å². The van der Waals surface area contributed by atoms with E-state index in [1.807, 2.05) is 11.3 Å². The first kappa shape index (κ1) is 35.6. The molecule has 0 fully saturated rings. The van der Waals surface area contributed by atoms with Crippen LogP contribution in [-0.4, -0.2) is 7.28 Å². The molecule has 4 heteroatoms. The molecule has 0 bridgehead atoms. The Balaban J connectivity index is 1.24. The van der Waals surface area contributed by atoms with Gasteiger partial charge in [0.15, 0.2) is 7.28 Å². The molecule has 7 aromatic rings. The smallest absolute Gasteiger partial charge is 0.197 e. The number of thiophene rings is 1. The van der Waals surface area contributed by atoms with Crippen LogP contribution in [0.25, 0.3) is 31.3 Å². The van der Waals surface area contributed by atoms with Crippen molar-refractivity contribution in [3.63, 3.8) is 0 Å². The largest absolute Gasteiger partial charge is 0.354 e.